The highest BCUT2D eigenvalue weighted by atomic mass is 15.0. The van der Waals surface area contributed by atoms with E-state index in [1.807, 2.05) is 0 Å². The van der Waals surface area contributed by atoms with E-state index in [-0.39, 0.29) is 0 Å². The van der Waals surface area contributed by atoms with Gasteiger partial charge in [-0.2, -0.15) is 0 Å². The standard InChI is InChI=1S/C48H34N2/c1-4-12-34(13-5-1)36-20-26-41(27-21-36)49-46-32-39(24-30-43(46)38-16-8-3-9-17-38)40-25-31-45-44-18-10-11-19-47(44)50(48(45)33-40)42-28-22-37(23-29-42)35-14-6-2-7-15-35/h1-33,49H. The molecular weight excluding hydrogens is 605 g/mol. The Hall–Kier alpha value is -6.64. The Kier molecular flexibility index (Phi) is 7.53. The van der Waals surface area contributed by atoms with Crippen LogP contribution in [0.3, 0.4) is 0 Å². The molecule has 1 heterocycles. The second-order valence-corrected chi connectivity index (χ2v) is 12.7. The lowest BCUT2D eigenvalue weighted by atomic mass is 9.97. The van der Waals surface area contributed by atoms with Crippen molar-refractivity contribution < 1.29 is 0 Å². The topological polar surface area (TPSA) is 17.0 Å². The maximum atomic E-state index is 3.77. The Morgan fingerprint density at radius 2 is 0.800 bits per heavy atom. The Labute approximate surface area is 292 Å². The molecule has 1 aromatic heterocycles. The van der Waals surface area contributed by atoms with E-state index in [0.29, 0.717) is 0 Å². The number of rotatable bonds is 7. The molecule has 0 fully saturated rings. The number of hydrogen-bond acceptors (Lipinski definition) is 1. The van der Waals surface area contributed by atoms with Crippen molar-refractivity contribution in [3.63, 3.8) is 0 Å². The molecular formula is C48H34N2. The molecule has 0 bridgehead atoms. The van der Waals surface area contributed by atoms with Crippen LogP contribution in [0.2, 0.25) is 0 Å². The molecule has 0 radical (unpaired) electrons. The van der Waals surface area contributed by atoms with Gasteiger partial charge in [-0.15, -0.1) is 0 Å². The monoisotopic (exact) mass is 638 g/mol. The number of para-hydroxylation sites is 1. The van der Waals surface area contributed by atoms with Crippen molar-refractivity contribution in [2.45, 2.75) is 0 Å². The van der Waals surface area contributed by atoms with Crippen molar-refractivity contribution >= 4 is 33.2 Å². The first-order chi connectivity index (χ1) is 24.8. The zero-order valence-corrected chi connectivity index (χ0v) is 27.5. The van der Waals surface area contributed by atoms with Crippen LogP contribution in [0.25, 0.3) is 72.0 Å². The minimum atomic E-state index is 1.05. The van der Waals surface area contributed by atoms with E-state index in [4.69, 9.17) is 0 Å². The van der Waals surface area contributed by atoms with E-state index in [0.717, 1.165) is 28.2 Å². The molecule has 1 N–H and O–H groups in total. The fourth-order valence-electron chi connectivity index (χ4n) is 7.09. The third-order valence-corrected chi connectivity index (χ3v) is 9.62. The molecule has 0 spiro atoms. The van der Waals surface area contributed by atoms with Crippen LogP contribution < -0.4 is 5.32 Å². The second-order valence-electron chi connectivity index (χ2n) is 12.7. The molecule has 8 aromatic carbocycles. The van der Waals surface area contributed by atoms with Gasteiger partial charge in [0.2, 0.25) is 0 Å². The molecule has 9 rings (SSSR count). The Balaban J connectivity index is 1.13. The Morgan fingerprint density at radius 3 is 1.46 bits per heavy atom. The number of benzene rings is 8. The molecule has 9 aromatic rings. The van der Waals surface area contributed by atoms with E-state index >= 15 is 0 Å². The average molecular weight is 639 g/mol. The fraction of sp³-hybridized carbons (Fsp3) is 0. The van der Waals surface area contributed by atoms with Crippen LogP contribution in [0.5, 0.6) is 0 Å². The maximum absolute atomic E-state index is 3.77. The van der Waals surface area contributed by atoms with Crippen LogP contribution in [-0.2, 0) is 0 Å². The molecule has 0 saturated heterocycles. The van der Waals surface area contributed by atoms with Gasteiger partial charge in [-0.1, -0.05) is 158 Å². The zero-order chi connectivity index (χ0) is 33.3. The van der Waals surface area contributed by atoms with Gasteiger partial charge in [0.15, 0.2) is 0 Å². The van der Waals surface area contributed by atoms with Crippen LogP contribution in [0, 0.1) is 0 Å². The molecule has 50 heavy (non-hydrogen) atoms. The molecule has 0 unspecified atom stereocenters. The highest BCUT2D eigenvalue weighted by Crippen LogP contribution is 2.38. The van der Waals surface area contributed by atoms with Crippen molar-refractivity contribution in [1.82, 2.24) is 4.57 Å². The lowest BCUT2D eigenvalue weighted by Crippen LogP contribution is -1.95. The number of nitrogens with zero attached hydrogens (tertiary/aromatic N) is 1. The van der Waals surface area contributed by atoms with Gasteiger partial charge in [-0.05, 0) is 81.4 Å². The molecule has 2 nitrogen and oxygen atoms in total. The predicted molar refractivity (Wildman–Crippen MR) is 212 cm³/mol. The van der Waals surface area contributed by atoms with Gasteiger partial charge in [0.25, 0.3) is 0 Å². The molecule has 0 saturated carbocycles. The lowest BCUT2D eigenvalue weighted by Gasteiger charge is -2.16. The smallest absolute Gasteiger partial charge is 0.0547 e. The minimum absolute atomic E-state index is 1.05. The second kappa shape index (κ2) is 12.8. The van der Waals surface area contributed by atoms with Gasteiger partial charge in [-0.25, -0.2) is 0 Å². The Morgan fingerprint density at radius 1 is 0.320 bits per heavy atom. The molecule has 0 atom stereocenters. The van der Waals surface area contributed by atoms with E-state index in [2.05, 4.69) is 210 Å². The lowest BCUT2D eigenvalue weighted by molar-refractivity contribution is 1.18. The van der Waals surface area contributed by atoms with Gasteiger partial charge in [0.05, 0.1) is 11.0 Å². The van der Waals surface area contributed by atoms with Crippen molar-refractivity contribution in [3.05, 3.63) is 200 Å². The van der Waals surface area contributed by atoms with Crippen molar-refractivity contribution in [1.29, 1.82) is 0 Å². The number of nitrogens with one attached hydrogen (secondary N) is 1. The van der Waals surface area contributed by atoms with Gasteiger partial charge in [0, 0.05) is 33.4 Å². The summed E-state index contributed by atoms with van der Waals surface area (Å²) in [6.07, 6.45) is 0. The van der Waals surface area contributed by atoms with Gasteiger partial charge >= 0.3 is 0 Å². The first kappa shape index (κ1) is 29.5. The van der Waals surface area contributed by atoms with Crippen LogP contribution >= 0.6 is 0 Å². The van der Waals surface area contributed by atoms with Crippen molar-refractivity contribution in [2.24, 2.45) is 0 Å². The average Bonchev–Trinajstić information content (AvgIpc) is 3.53. The number of hydrogen-bond donors (Lipinski definition) is 1. The first-order valence-corrected chi connectivity index (χ1v) is 17.1. The summed E-state index contributed by atoms with van der Waals surface area (Å²) in [5.74, 6) is 0. The summed E-state index contributed by atoms with van der Waals surface area (Å²) < 4.78 is 2.40. The van der Waals surface area contributed by atoms with Gasteiger partial charge in [-0.3, -0.25) is 0 Å². The highest BCUT2D eigenvalue weighted by molar-refractivity contribution is 6.10. The van der Waals surface area contributed by atoms with E-state index < -0.39 is 0 Å². The SMILES string of the molecule is c1ccc(-c2ccc(Nc3cc(-c4ccc5c6ccccc6n(-c6ccc(-c7ccccc7)cc6)c5c4)ccc3-c3ccccc3)cc2)cc1. The van der Waals surface area contributed by atoms with Gasteiger partial charge in [0.1, 0.15) is 0 Å². The largest absolute Gasteiger partial charge is 0.355 e. The zero-order valence-electron chi connectivity index (χ0n) is 27.5. The summed E-state index contributed by atoms with van der Waals surface area (Å²) in [5.41, 5.74) is 15.2. The summed E-state index contributed by atoms with van der Waals surface area (Å²) in [6.45, 7) is 0. The highest BCUT2D eigenvalue weighted by Gasteiger charge is 2.15. The third kappa shape index (κ3) is 5.53. The van der Waals surface area contributed by atoms with E-state index in [1.165, 1.54) is 55.2 Å². The van der Waals surface area contributed by atoms with Gasteiger partial charge < -0.3 is 9.88 Å². The van der Waals surface area contributed by atoms with Crippen molar-refractivity contribution in [2.75, 3.05) is 5.32 Å². The summed E-state index contributed by atoms with van der Waals surface area (Å²) in [4.78, 5) is 0. The molecule has 0 aliphatic heterocycles. The molecule has 236 valence electrons. The van der Waals surface area contributed by atoms with E-state index in [9.17, 15) is 0 Å². The fourth-order valence-corrected chi connectivity index (χ4v) is 7.09. The third-order valence-electron chi connectivity index (χ3n) is 9.62. The van der Waals surface area contributed by atoms with Crippen LogP contribution in [0.15, 0.2) is 200 Å². The van der Waals surface area contributed by atoms with Crippen molar-refractivity contribution in [3.8, 4) is 50.2 Å². The predicted octanol–water partition coefficient (Wildman–Crippen LogP) is 13.2. The summed E-state index contributed by atoms with van der Waals surface area (Å²) in [6, 6.07) is 71.7. The molecule has 2 heteroatoms. The first-order valence-electron chi connectivity index (χ1n) is 17.1. The molecule has 0 aliphatic carbocycles. The minimum Gasteiger partial charge on any atom is -0.355 e. The molecule has 0 aliphatic rings. The quantitative estimate of drug-likeness (QED) is 0.184. The summed E-state index contributed by atoms with van der Waals surface area (Å²) in [5, 5.41) is 6.27. The molecule has 0 amide bonds. The van der Waals surface area contributed by atoms with Crippen LogP contribution in [0.1, 0.15) is 0 Å². The summed E-state index contributed by atoms with van der Waals surface area (Å²) in [7, 11) is 0. The summed E-state index contributed by atoms with van der Waals surface area (Å²) >= 11 is 0. The van der Waals surface area contributed by atoms with Crippen LogP contribution in [-0.4, -0.2) is 4.57 Å². The maximum Gasteiger partial charge on any atom is 0.0547 e. The number of anilines is 2. The normalized spacial score (nSPS) is 11.2. The number of aromatic nitrogens is 1. The number of fused-ring (bicyclic) bond motifs is 3. The van der Waals surface area contributed by atoms with E-state index in [1.54, 1.807) is 0 Å². The Bertz CT molecular complexity index is 2570. The van der Waals surface area contributed by atoms with Crippen LogP contribution in [0.4, 0.5) is 11.4 Å².